The molecule has 42 valence electrons. The third-order valence-electron chi connectivity index (χ3n) is 1.73. The molecule has 0 aromatic heterocycles. The van der Waals surface area contributed by atoms with Crippen molar-refractivity contribution >= 4 is 16.2 Å². The van der Waals surface area contributed by atoms with E-state index in [1.807, 2.05) is 0 Å². The molecule has 0 fully saturated rings. The van der Waals surface area contributed by atoms with Gasteiger partial charge in [0.05, 0.1) is 0 Å². The zero-order valence-corrected chi connectivity index (χ0v) is 8.12. The molecule has 0 N–H and O–H groups in total. The summed E-state index contributed by atoms with van der Waals surface area (Å²) in [5, 5.41) is 0. The first-order chi connectivity index (χ1) is 3.35. The Morgan fingerprint density at radius 1 is 1.00 bits per heavy atom. The quantitative estimate of drug-likeness (QED) is 0.553. The van der Waals surface area contributed by atoms with E-state index in [1.54, 1.807) is 14.9 Å². The van der Waals surface area contributed by atoms with E-state index in [1.165, 1.54) is 0 Å². The van der Waals surface area contributed by atoms with Gasteiger partial charge in [-0.15, -0.1) is 0 Å². The van der Waals surface area contributed by atoms with Gasteiger partial charge in [0.25, 0.3) is 0 Å². The van der Waals surface area contributed by atoms with Gasteiger partial charge in [-0.2, -0.15) is 0 Å². The van der Waals surface area contributed by atoms with Gasteiger partial charge in [0.15, 0.2) is 0 Å². The van der Waals surface area contributed by atoms with E-state index in [2.05, 4.69) is 20.8 Å². The first-order valence-electron chi connectivity index (χ1n) is 3.35. The third-order valence-corrected chi connectivity index (χ3v) is 9.00. The summed E-state index contributed by atoms with van der Waals surface area (Å²) in [5.41, 5.74) is 0. The van der Waals surface area contributed by atoms with Crippen molar-refractivity contribution in [3.63, 3.8) is 0 Å². The van der Waals surface area contributed by atoms with Crippen LogP contribution in [0.1, 0.15) is 22.2 Å². The predicted molar refractivity (Wildman–Crippen MR) is 38.3 cm³/mol. The predicted octanol–water partition coefficient (Wildman–Crippen LogP) is 2.65. The molecule has 0 atom stereocenters. The van der Waals surface area contributed by atoms with Crippen LogP contribution >= 0.6 is 0 Å². The van der Waals surface area contributed by atoms with E-state index in [4.69, 9.17) is 0 Å². The van der Waals surface area contributed by atoms with Crippen LogP contribution in [0.25, 0.3) is 0 Å². The molecule has 0 aliphatic heterocycles. The van der Waals surface area contributed by atoms with Crippen molar-refractivity contribution in [1.82, 2.24) is 0 Å². The molecule has 0 amide bonds. The molecule has 0 nitrogen and oxygen atoms in total. The van der Waals surface area contributed by atoms with Crippen molar-refractivity contribution in [3.05, 3.63) is 0 Å². The zero-order chi connectivity index (χ0) is 5.70. The zero-order valence-electron chi connectivity index (χ0n) is 6.70. The van der Waals surface area contributed by atoms with Crippen LogP contribution < -0.4 is 0 Å². The SMILES string of the molecule is C[CH2][Ga]([CH2]C)[CH2]C.[H+]. The molecule has 0 unspecified atom stereocenters. The van der Waals surface area contributed by atoms with Crippen molar-refractivity contribution in [3.8, 4) is 0 Å². The van der Waals surface area contributed by atoms with Crippen LogP contribution in [0.5, 0.6) is 0 Å². The maximum atomic E-state index is 2.34. The van der Waals surface area contributed by atoms with E-state index in [0.717, 1.165) is 0 Å². The first kappa shape index (κ1) is 7.64. The molecular weight excluding hydrogens is 142 g/mol. The maximum absolute atomic E-state index is 2.34. The van der Waals surface area contributed by atoms with E-state index in [-0.39, 0.29) is 1.43 Å². The Bertz CT molecular complexity index is 30.0. The van der Waals surface area contributed by atoms with Gasteiger partial charge in [0.1, 0.15) is 0 Å². The topological polar surface area (TPSA) is 0 Å². The summed E-state index contributed by atoms with van der Waals surface area (Å²) in [4.78, 5) is 4.62. The standard InChI is InChI=1S/3C2H5.Ga/c3*1-2;/h3*1H2,2H3;/p+1. The minimum Gasteiger partial charge on any atom is 1.00 e. The largest absolute Gasteiger partial charge is 1.00 e. The first-order valence-corrected chi connectivity index (χ1v) is 8.49. The molecule has 0 bridgehead atoms. The Morgan fingerprint density at radius 3 is 1.29 bits per heavy atom. The van der Waals surface area contributed by atoms with Gasteiger partial charge in [-0.05, 0) is 0 Å². The van der Waals surface area contributed by atoms with E-state index in [9.17, 15) is 0 Å². The maximum Gasteiger partial charge on any atom is 1.00 e. The summed E-state index contributed by atoms with van der Waals surface area (Å²) < 4.78 is 0. The average molecular weight is 158 g/mol. The number of hydrogen-bond donors (Lipinski definition) is 0. The molecule has 7 heavy (non-hydrogen) atoms. The fourth-order valence-corrected chi connectivity index (χ4v) is 4.50. The van der Waals surface area contributed by atoms with Gasteiger partial charge in [-0.25, -0.2) is 0 Å². The van der Waals surface area contributed by atoms with Gasteiger partial charge in [-0.3, -0.25) is 0 Å². The Hall–Kier alpha value is 0.636. The summed E-state index contributed by atoms with van der Waals surface area (Å²) in [7, 11) is 0. The van der Waals surface area contributed by atoms with Crippen LogP contribution in [-0.2, 0) is 0 Å². The molecular formula is C6H16Ga+. The minimum absolute atomic E-state index is 0. The third kappa shape index (κ3) is 3.24. The summed E-state index contributed by atoms with van der Waals surface area (Å²) in [5.74, 6) is 0. The van der Waals surface area contributed by atoms with Crippen molar-refractivity contribution in [2.45, 2.75) is 35.7 Å². The monoisotopic (exact) mass is 157 g/mol. The summed E-state index contributed by atoms with van der Waals surface area (Å²) in [6, 6.07) is 0. The van der Waals surface area contributed by atoms with Crippen LogP contribution in [0.4, 0.5) is 0 Å². The van der Waals surface area contributed by atoms with Gasteiger partial charge < -0.3 is 0 Å². The van der Waals surface area contributed by atoms with Gasteiger partial charge in [0, 0.05) is 0 Å². The van der Waals surface area contributed by atoms with Gasteiger partial charge in [-0.1, -0.05) is 0 Å². The normalized spacial score (nSPS) is 9.00. The van der Waals surface area contributed by atoms with Crippen molar-refractivity contribution in [1.29, 1.82) is 0 Å². The van der Waals surface area contributed by atoms with Crippen molar-refractivity contribution < 1.29 is 1.43 Å². The van der Waals surface area contributed by atoms with Gasteiger partial charge in [0.2, 0.25) is 0 Å². The summed E-state index contributed by atoms with van der Waals surface area (Å²) >= 11 is -0.576. The van der Waals surface area contributed by atoms with Crippen molar-refractivity contribution in [2.24, 2.45) is 0 Å². The fraction of sp³-hybridized carbons (Fsp3) is 1.00. The Balaban J connectivity index is 0. The van der Waals surface area contributed by atoms with Crippen LogP contribution in [0.3, 0.4) is 0 Å². The molecule has 0 saturated carbocycles. The Labute approximate surface area is 53.8 Å². The number of hydrogen-bond acceptors (Lipinski definition) is 0. The average Bonchev–Trinajstić information content (AvgIpc) is 1.72. The molecule has 0 aromatic rings. The second-order valence-electron chi connectivity index (χ2n) is 2.09. The van der Waals surface area contributed by atoms with E-state index in [0.29, 0.717) is 0 Å². The molecule has 0 aliphatic carbocycles. The molecule has 0 heterocycles. The smallest absolute Gasteiger partial charge is 1.00 e. The molecule has 0 aliphatic rings. The molecule has 1 heteroatoms. The summed E-state index contributed by atoms with van der Waals surface area (Å²) in [6.07, 6.45) is 0. The summed E-state index contributed by atoms with van der Waals surface area (Å²) in [6.45, 7) is 7.03. The fourth-order valence-electron chi connectivity index (χ4n) is 0.866. The van der Waals surface area contributed by atoms with E-state index < -0.39 is 16.2 Å². The molecule has 0 aromatic carbocycles. The van der Waals surface area contributed by atoms with Crippen LogP contribution in [0, 0.1) is 0 Å². The molecule has 0 saturated heterocycles. The van der Waals surface area contributed by atoms with E-state index >= 15 is 0 Å². The van der Waals surface area contributed by atoms with Gasteiger partial charge >= 0.3 is 53.3 Å². The van der Waals surface area contributed by atoms with Crippen LogP contribution in [0.15, 0.2) is 0 Å². The number of rotatable bonds is 3. The minimum atomic E-state index is -0.576. The Kier molecular flexibility index (Phi) is 5.22. The van der Waals surface area contributed by atoms with Crippen molar-refractivity contribution in [2.75, 3.05) is 0 Å². The molecule has 0 spiro atoms. The Morgan fingerprint density at radius 2 is 1.29 bits per heavy atom. The second kappa shape index (κ2) is 4.79. The second-order valence-corrected chi connectivity index (χ2v) is 10.9. The molecule has 0 radical (unpaired) electrons. The van der Waals surface area contributed by atoms with Crippen LogP contribution in [-0.4, -0.2) is 16.2 Å². The van der Waals surface area contributed by atoms with Crippen LogP contribution in [0.2, 0.25) is 14.9 Å². The molecule has 0 rings (SSSR count).